The molecule has 1 N–H and O–H groups in total. The molecule has 1 amide bonds. The van der Waals surface area contributed by atoms with Crippen molar-refractivity contribution in [2.45, 2.75) is 50.8 Å². The fourth-order valence-electron chi connectivity index (χ4n) is 4.05. The summed E-state index contributed by atoms with van der Waals surface area (Å²) in [5.41, 5.74) is 0.687. The number of ether oxygens (including phenoxy) is 1. The number of nitrogens with zero attached hydrogens (tertiary/aromatic N) is 1. The van der Waals surface area contributed by atoms with Crippen LogP contribution in [0.3, 0.4) is 0 Å². The molecule has 7 heteroatoms. The monoisotopic (exact) mass is 464 g/mol. The second kappa shape index (κ2) is 8.69. The van der Waals surface area contributed by atoms with Crippen molar-refractivity contribution in [2.75, 3.05) is 11.4 Å². The van der Waals surface area contributed by atoms with Crippen LogP contribution in [0.4, 0.5) is 14.5 Å². The van der Waals surface area contributed by atoms with Gasteiger partial charge in [0.15, 0.2) is 6.10 Å². The highest BCUT2D eigenvalue weighted by molar-refractivity contribution is 9.10. The molecule has 4 nitrogen and oxygen atoms in total. The lowest BCUT2D eigenvalue weighted by Crippen LogP contribution is -2.51. The van der Waals surface area contributed by atoms with Crippen molar-refractivity contribution in [3.63, 3.8) is 0 Å². The molecule has 1 aliphatic heterocycles. The number of anilines is 1. The first-order chi connectivity index (χ1) is 14.0. The summed E-state index contributed by atoms with van der Waals surface area (Å²) >= 11 is 3.11. The summed E-state index contributed by atoms with van der Waals surface area (Å²) in [4.78, 5) is 14.6. The summed E-state index contributed by atoms with van der Waals surface area (Å²) in [5.74, 6) is -0.873. The predicted octanol–water partition coefficient (Wildman–Crippen LogP) is 4.94. The topological polar surface area (TPSA) is 41.6 Å². The Hall–Kier alpha value is -2.15. The number of benzene rings is 2. The minimum atomic E-state index is -0.728. The molecule has 1 saturated carbocycles. The summed E-state index contributed by atoms with van der Waals surface area (Å²) in [6.07, 6.45) is 4.68. The van der Waals surface area contributed by atoms with Crippen LogP contribution in [-0.2, 0) is 11.3 Å². The minimum absolute atomic E-state index is 0.0124. The maximum absolute atomic E-state index is 14.4. The van der Waals surface area contributed by atoms with Gasteiger partial charge in [-0.1, -0.05) is 47.3 Å². The molecule has 1 heterocycles. The van der Waals surface area contributed by atoms with Crippen LogP contribution in [0, 0.1) is 11.6 Å². The van der Waals surface area contributed by atoms with E-state index < -0.39 is 17.7 Å². The molecular weight excluding hydrogens is 442 g/mol. The van der Waals surface area contributed by atoms with Gasteiger partial charge < -0.3 is 15.0 Å². The van der Waals surface area contributed by atoms with Gasteiger partial charge in [-0.25, -0.2) is 8.78 Å². The molecule has 0 bridgehead atoms. The molecule has 0 spiro atoms. The van der Waals surface area contributed by atoms with Gasteiger partial charge in [0, 0.05) is 22.6 Å². The summed E-state index contributed by atoms with van der Waals surface area (Å²) in [7, 11) is 0. The first-order valence-corrected chi connectivity index (χ1v) is 10.7. The molecule has 2 aromatic carbocycles. The van der Waals surface area contributed by atoms with E-state index in [0.29, 0.717) is 10.2 Å². The molecule has 29 heavy (non-hydrogen) atoms. The molecule has 1 fully saturated rings. The van der Waals surface area contributed by atoms with Crippen molar-refractivity contribution in [1.29, 1.82) is 0 Å². The van der Waals surface area contributed by atoms with Crippen LogP contribution < -0.4 is 15.0 Å². The lowest BCUT2D eigenvalue weighted by Gasteiger charge is -2.36. The highest BCUT2D eigenvalue weighted by atomic mass is 79.9. The zero-order chi connectivity index (χ0) is 20.4. The van der Waals surface area contributed by atoms with Crippen molar-refractivity contribution in [2.24, 2.45) is 0 Å². The molecule has 2 aromatic rings. The number of fused-ring (bicyclic) bond motifs is 1. The van der Waals surface area contributed by atoms with Crippen LogP contribution in [-0.4, -0.2) is 24.6 Å². The fraction of sp³-hybridized carbons (Fsp3) is 0.409. The standard InChI is InChI=1S/C22H23BrF2N2O2/c23-14-10-17(24)16(18(25)11-14)12-27-13-21(29-20-9-5-4-8-19(20)27)22(28)26-15-6-2-1-3-7-15/h4-5,8-11,15,21H,1-3,6-7,12-13H2,(H,26,28). The molecule has 0 radical (unpaired) electrons. The van der Waals surface area contributed by atoms with Crippen LogP contribution >= 0.6 is 15.9 Å². The second-order valence-electron chi connectivity index (χ2n) is 7.65. The normalized spacial score (nSPS) is 19.4. The fourth-order valence-corrected chi connectivity index (χ4v) is 4.45. The van der Waals surface area contributed by atoms with Crippen LogP contribution in [0.25, 0.3) is 0 Å². The van der Waals surface area contributed by atoms with Gasteiger partial charge in [0.1, 0.15) is 17.4 Å². The van der Waals surface area contributed by atoms with Crippen molar-refractivity contribution >= 4 is 27.5 Å². The average Bonchev–Trinajstić information content (AvgIpc) is 2.71. The van der Waals surface area contributed by atoms with Gasteiger partial charge in [0.25, 0.3) is 5.91 Å². The van der Waals surface area contributed by atoms with Gasteiger partial charge in [-0.15, -0.1) is 0 Å². The van der Waals surface area contributed by atoms with E-state index in [0.717, 1.165) is 31.4 Å². The van der Waals surface area contributed by atoms with E-state index in [9.17, 15) is 13.6 Å². The maximum Gasteiger partial charge on any atom is 0.263 e. The Kier molecular flexibility index (Phi) is 6.04. The largest absolute Gasteiger partial charge is 0.477 e. The number of nitrogens with one attached hydrogen (secondary N) is 1. The zero-order valence-corrected chi connectivity index (χ0v) is 17.6. The minimum Gasteiger partial charge on any atom is -0.477 e. The third-order valence-corrected chi connectivity index (χ3v) is 6.02. The Morgan fingerprint density at radius 2 is 1.83 bits per heavy atom. The molecule has 4 rings (SSSR count). The average molecular weight is 465 g/mol. The van der Waals surface area contributed by atoms with Gasteiger partial charge in [-0.05, 0) is 37.1 Å². The summed E-state index contributed by atoms with van der Waals surface area (Å²) in [6, 6.07) is 9.93. The van der Waals surface area contributed by atoms with Gasteiger partial charge in [0.2, 0.25) is 0 Å². The lowest BCUT2D eigenvalue weighted by molar-refractivity contribution is -0.128. The molecule has 1 unspecified atom stereocenters. The predicted molar refractivity (Wildman–Crippen MR) is 111 cm³/mol. The van der Waals surface area contributed by atoms with Crippen LogP contribution in [0.1, 0.15) is 37.7 Å². The number of para-hydroxylation sites is 2. The van der Waals surface area contributed by atoms with E-state index in [1.165, 1.54) is 18.6 Å². The summed E-state index contributed by atoms with van der Waals surface area (Å²) in [5, 5.41) is 3.09. The molecule has 1 aliphatic carbocycles. The highest BCUT2D eigenvalue weighted by Gasteiger charge is 2.32. The Labute approximate surface area is 177 Å². The Morgan fingerprint density at radius 3 is 2.55 bits per heavy atom. The number of rotatable bonds is 4. The Morgan fingerprint density at radius 1 is 1.14 bits per heavy atom. The summed E-state index contributed by atoms with van der Waals surface area (Å²) < 4.78 is 35.1. The van der Waals surface area contributed by atoms with Crippen molar-refractivity contribution in [3.8, 4) is 5.75 Å². The van der Waals surface area contributed by atoms with E-state index in [1.807, 2.05) is 18.2 Å². The number of carbonyl (C=O) groups is 1. The Bertz CT molecular complexity index is 879. The highest BCUT2D eigenvalue weighted by Crippen LogP contribution is 2.35. The van der Waals surface area contributed by atoms with E-state index in [2.05, 4.69) is 21.2 Å². The smallest absolute Gasteiger partial charge is 0.263 e. The molecule has 0 saturated heterocycles. The lowest BCUT2D eigenvalue weighted by atomic mass is 9.95. The number of carbonyl (C=O) groups excluding carboxylic acids is 1. The van der Waals surface area contributed by atoms with Crippen LogP contribution in [0.2, 0.25) is 0 Å². The van der Waals surface area contributed by atoms with E-state index in [-0.39, 0.29) is 30.6 Å². The van der Waals surface area contributed by atoms with Crippen molar-refractivity contribution in [3.05, 3.63) is 58.1 Å². The van der Waals surface area contributed by atoms with Gasteiger partial charge in [-0.3, -0.25) is 4.79 Å². The zero-order valence-electron chi connectivity index (χ0n) is 16.0. The molecule has 1 atom stereocenters. The quantitative estimate of drug-likeness (QED) is 0.696. The number of hydrogen-bond donors (Lipinski definition) is 1. The van der Waals surface area contributed by atoms with E-state index >= 15 is 0 Å². The van der Waals surface area contributed by atoms with E-state index in [4.69, 9.17) is 4.74 Å². The van der Waals surface area contributed by atoms with Crippen molar-refractivity contribution < 1.29 is 18.3 Å². The van der Waals surface area contributed by atoms with Crippen LogP contribution in [0.15, 0.2) is 40.9 Å². The number of hydrogen-bond acceptors (Lipinski definition) is 3. The third-order valence-electron chi connectivity index (χ3n) is 5.56. The number of amides is 1. The van der Waals surface area contributed by atoms with Gasteiger partial charge >= 0.3 is 0 Å². The number of halogens is 3. The van der Waals surface area contributed by atoms with Crippen molar-refractivity contribution in [1.82, 2.24) is 5.32 Å². The molecule has 2 aliphatic rings. The first kappa shape index (κ1) is 20.1. The summed E-state index contributed by atoms with van der Waals surface area (Å²) in [6.45, 7) is 0.239. The first-order valence-electron chi connectivity index (χ1n) is 9.95. The molecule has 154 valence electrons. The molecule has 0 aromatic heterocycles. The van der Waals surface area contributed by atoms with E-state index in [1.54, 1.807) is 11.0 Å². The SMILES string of the molecule is O=C(NC1CCCCC1)C1CN(Cc2c(F)cc(Br)cc2F)c2ccccc2O1. The third kappa shape index (κ3) is 4.55. The van der Waals surface area contributed by atoms with Gasteiger partial charge in [0.05, 0.1) is 12.2 Å². The van der Waals surface area contributed by atoms with Gasteiger partial charge in [-0.2, -0.15) is 0 Å². The maximum atomic E-state index is 14.4. The van der Waals surface area contributed by atoms with Crippen LogP contribution in [0.5, 0.6) is 5.75 Å². The Balaban J connectivity index is 1.56. The molecular formula is C22H23BrF2N2O2. The second-order valence-corrected chi connectivity index (χ2v) is 8.56.